The van der Waals surface area contributed by atoms with E-state index in [0.29, 0.717) is 50.3 Å². The lowest BCUT2D eigenvalue weighted by Gasteiger charge is -2.24. The molecule has 0 saturated heterocycles. The Morgan fingerprint density at radius 3 is 1.56 bits per heavy atom. The van der Waals surface area contributed by atoms with E-state index >= 15 is 0 Å². The first kappa shape index (κ1) is 25.7. The lowest BCUT2D eigenvalue weighted by atomic mass is 10.0. The van der Waals surface area contributed by atoms with Crippen LogP contribution in [0.3, 0.4) is 0 Å². The van der Waals surface area contributed by atoms with Crippen molar-refractivity contribution < 1.29 is 0 Å². The van der Waals surface area contributed by atoms with Crippen molar-refractivity contribution in [1.29, 1.82) is 0 Å². The molecule has 0 radical (unpaired) electrons. The molecule has 0 aliphatic heterocycles. The van der Waals surface area contributed by atoms with Crippen LogP contribution in [0.5, 0.6) is 0 Å². The van der Waals surface area contributed by atoms with Crippen molar-refractivity contribution in [3.8, 4) is 22.8 Å². The maximum atomic E-state index is 5.20. The van der Waals surface area contributed by atoms with Crippen LogP contribution in [-0.4, -0.2) is 37.4 Å². The molecule has 11 heteroatoms. The van der Waals surface area contributed by atoms with Gasteiger partial charge in [-0.1, -0.05) is 72.8 Å². The summed E-state index contributed by atoms with van der Waals surface area (Å²) in [5.41, 5.74) is 8.81. The average molecular weight is 618 g/mol. The summed E-state index contributed by atoms with van der Waals surface area (Å²) in [5.74, 6) is 0.449. The number of fused-ring (bicyclic) bond motifs is 7. The number of hydrogen-bond donors (Lipinski definition) is 0. The van der Waals surface area contributed by atoms with Gasteiger partial charge in [-0.3, -0.25) is 0 Å². The summed E-state index contributed by atoms with van der Waals surface area (Å²) in [6.45, 7) is 0. The zero-order chi connectivity index (χ0) is 29.7. The van der Waals surface area contributed by atoms with Gasteiger partial charge in [-0.05, 0) is 41.1 Å². The Hall–Kier alpha value is -5.78. The maximum absolute atomic E-state index is 5.20. The van der Waals surface area contributed by atoms with Crippen molar-refractivity contribution in [3.05, 3.63) is 116 Å². The Kier molecular flexibility index (Phi) is 5.96. The molecule has 0 aliphatic rings. The van der Waals surface area contributed by atoms with Gasteiger partial charge in [-0.25, -0.2) is 19.9 Å². The Morgan fingerprint density at radius 1 is 0.444 bits per heavy atom. The predicted molar refractivity (Wildman–Crippen MR) is 180 cm³/mol. The second-order valence-electron chi connectivity index (χ2n) is 10.4. The summed E-state index contributed by atoms with van der Waals surface area (Å²) in [5, 5.41) is 2.24. The van der Waals surface area contributed by atoms with E-state index in [-0.39, 0.29) is 0 Å². The molecule has 4 heterocycles. The number of benzene rings is 5. The van der Waals surface area contributed by atoms with Crippen LogP contribution in [0.1, 0.15) is 0 Å². The lowest BCUT2D eigenvalue weighted by molar-refractivity contribution is 1.12. The Morgan fingerprint density at radius 2 is 0.956 bits per heavy atom. The molecule has 0 N–H and O–H groups in total. The van der Waals surface area contributed by atoms with Crippen LogP contribution in [0, 0.1) is 0 Å². The smallest absolute Gasteiger partial charge is 0.180 e. The molecule has 9 rings (SSSR count). The quantitative estimate of drug-likeness (QED) is 0.188. The maximum Gasteiger partial charge on any atom is 0.180 e. The van der Waals surface area contributed by atoms with Crippen molar-refractivity contribution in [3.63, 3.8) is 0 Å². The van der Waals surface area contributed by atoms with Crippen LogP contribution in [0.15, 0.2) is 116 Å². The zero-order valence-electron chi connectivity index (χ0n) is 23.3. The molecule has 0 spiro atoms. The van der Waals surface area contributed by atoms with Gasteiger partial charge < -0.3 is 4.90 Å². The lowest BCUT2D eigenvalue weighted by Crippen LogP contribution is -2.11. The van der Waals surface area contributed by atoms with Crippen molar-refractivity contribution in [2.45, 2.75) is 0 Å². The van der Waals surface area contributed by atoms with Crippen LogP contribution < -0.4 is 4.90 Å². The molecule has 0 aliphatic carbocycles. The minimum Gasteiger partial charge on any atom is -0.308 e. The number of aromatic nitrogens is 8. The zero-order valence-corrected chi connectivity index (χ0v) is 24.9. The predicted octanol–water partition coefficient (Wildman–Crippen LogP) is 8.39. The molecule has 0 saturated carbocycles. The third kappa shape index (κ3) is 4.28. The molecule has 0 amide bonds. The number of nitrogens with zero attached hydrogens (tertiary/aromatic N) is 9. The first-order valence-corrected chi connectivity index (χ1v) is 15.6. The number of hydrogen-bond acceptors (Lipinski definition) is 11. The van der Waals surface area contributed by atoms with Crippen molar-refractivity contribution in [2.24, 2.45) is 0 Å². The molecule has 212 valence electrons. The van der Waals surface area contributed by atoms with Gasteiger partial charge in [0.05, 0.1) is 41.5 Å². The fourth-order valence-electron chi connectivity index (χ4n) is 5.62. The van der Waals surface area contributed by atoms with Crippen LogP contribution in [-0.2, 0) is 0 Å². The Balaban J connectivity index is 1.27. The van der Waals surface area contributed by atoms with E-state index in [0.717, 1.165) is 56.9 Å². The van der Waals surface area contributed by atoms with E-state index in [1.54, 1.807) is 0 Å². The van der Waals surface area contributed by atoms with Crippen molar-refractivity contribution >= 4 is 84.4 Å². The Labute approximate surface area is 264 Å². The molecule has 9 nitrogen and oxygen atoms in total. The molecule has 5 aromatic carbocycles. The summed E-state index contributed by atoms with van der Waals surface area (Å²) >= 11 is 2.25. The summed E-state index contributed by atoms with van der Waals surface area (Å²) in [7, 11) is 0. The summed E-state index contributed by atoms with van der Waals surface area (Å²) < 4.78 is 18.2. The minimum atomic E-state index is 0.449. The first-order valence-electron chi connectivity index (χ1n) is 14.1. The molecular weight excluding hydrogens is 599 g/mol. The van der Waals surface area contributed by atoms with E-state index in [4.69, 9.17) is 19.9 Å². The second kappa shape index (κ2) is 10.4. The standard InChI is InChI=1S/C34H19N9S2/c1-3-11-23(12-4-1)43(24-13-5-2-6-14-24)25-18-35-34(36-19-25)33-26(22-16-15-20-9-7-8-10-21(20)17-22)37-27-28(38-33)30-32(42-45-40-30)31-29(27)39-44-41-31/h1-19H. The summed E-state index contributed by atoms with van der Waals surface area (Å²) in [6, 6.07) is 34.9. The molecule has 0 bridgehead atoms. The molecule has 0 unspecified atom stereocenters. The third-order valence-corrected chi connectivity index (χ3v) is 8.76. The summed E-state index contributed by atoms with van der Waals surface area (Å²) in [4.78, 5) is 22.2. The minimum absolute atomic E-state index is 0.449. The molecule has 0 atom stereocenters. The highest BCUT2D eigenvalue weighted by Gasteiger charge is 2.23. The van der Waals surface area contributed by atoms with E-state index in [9.17, 15) is 0 Å². The SMILES string of the molecule is c1ccc(N(c2ccccc2)c2cnc(-c3nc4c5nsnc5c5nsnc5c4nc3-c3ccc4ccccc4c3)nc2)cc1. The van der Waals surface area contributed by atoms with Gasteiger partial charge in [0.15, 0.2) is 5.82 Å². The van der Waals surface area contributed by atoms with Gasteiger partial charge >= 0.3 is 0 Å². The Bertz CT molecular complexity index is 2460. The highest BCUT2D eigenvalue weighted by atomic mass is 32.1. The highest BCUT2D eigenvalue weighted by molar-refractivity contribution is 7.01. The molecule has 4 aromatic heterocycles. The normalized spacial score (nSPS) is 11.6. The van der Waals surface area contributed by atoms with Gasteiger partial charge in [0.25, 0.3) is 0 Å². The van der Waals surface area contributed by atoms with Gasteiger partial charge in [-0.15, -0.1) is 0 Å². The third-order valence-electron chi connectivity index (χ3n) is 7.71. The topological polar surface area (TPSA) is 106 Å². The van der Waals surface area contributed by atoms with Crippen molar-refractivity contribution in [1.82, 2.24) is 37.4 Å². The largest absolute Gasteiger partial charge is 0.308 e. The molecule has 9 aromatic rings. The van der Waals surface area contributed by atoms with Gasteiger partial charge in [0.2, 0.25) is 0 Å². The van der Waals surface area contributed by atoms with Gasteiger partial charge in [0, 0.05) is 16.9 Å². The monoisotopic (exact) mass is 617 g/mol. The average Bonchev–Trinajstić information content (AvgIpc) is 3.80. The fraction of sp³-hybridized carbons (Fsp3) is 0. The van der Waals surface area contributed by atoms with Gasteiger partial charge in [-0.2, -0.15) is 17.5 Å². The molecule has 45 heavy (non-hydrogen) atoms. The summed E-state index contributed by atoms with van der Waals surface area (Å²) in [6.07, 6.45) is 3.65. The van der Waals surface area contributed by atoms with E-state index in [2.05, 4.69) is 77.0 Å². The highest BCUT2D eigenvalue weighted by Crippen LogP contribution is 2.38. The van der Waals surface area contributed by atoms with E-state index in [1.165, 1.54) is 0 Å². The first-order chi connectivity index (χ1) is 22.3. The van der Waals surface area contributed by atoms with E-state index < -0.39 is 0 Å². The number of anilines is 3. The van der Waals surface area contributed by atoms with Crippen LogP contribution >= 0.6 is 23.5 Å². The fourth-order valence-corrected chi connectivity index (χ4v) is 6.72. The van der Waals surface area contributed by atoms with Crippen LogP contribution in [0.25, 0.3) is 66.6 Å². The molecule has 0 fully saturated rings. The number of para-hydroxylation sites is 2. The van der Waals surface area contributed by atoms with Crippen molar-refractivity contribution in [2.75, 3.05) is 4.90 Å². The van der Waals surface area contributed by atoms with Crippen LogP contribution in [0.4, 0.5) is 17.1 Å². The number of rotatable bonds is 5. The van der Waals surface area contributed by atoms with E-state index in [1.807, 2.05) is 60.9 Å². The van der Waals surface area contributed by atoms with Crippen LogP contribution in [0.2, 0.25) is 0 Å². The second-order valence-corrected chi connectivity index (χ2v) is 11.4. The van der Waals surface area contributed by atoms with Gasteiger partial charge in [0.1, 0.15) is 44.5 Å². The molecular formula is C34H19N9S2.